The van der Waals surface area contributed by atoms with Crippen LogP contribution in [0.4, 0.5) is 0 Å². The zero-order chi connectivity index (χ0) is 16.0. The molecule has 1 N–H and O–H groups in total. The Kier molecular flexibility index (Phi) is 5.97. The molecule has 0 bridgehead atoms. The second-order valence-electron chi connectivity index (χ2n) is 4.89. The van der Waals surface area contributed by atoms with Gasteiger partial charge in [0.25, 0.3) is 0 Å². The van der Waals surface area contributed by atoms with Crippen molar-refractivity contribution in [3.8, 4) is 0 Å². The van der Waals surface area contributed by atoms with E-state index in [2.05, 4.69) is 0 Å². The van der Waals surface area contributed by atoms with Crippen LogP contribution in [0, 0.1) is 0 Å². The predicted molar refractivity (Wildman–Crippen MR) is 85.6 cm³/mol. The van der Waals surface area contributed by atoms with E-state index in [9.17, 15) is 13.5 Å². The first kappa shape index (κ1) is 17.0. The van der Waals surface area contributed by atoms with Gasteiger partial charge >= 0.3 is 0 Å². The molecule has 118 valence electrons. The van der Waals surface area contributed by atoms with Crippen LogP contribution in [0.25, 0.3) is 0 Å². The lowest BCUT2D eigenvalue weighted by molar-refractivity contribution is 0.0390. The number of benzene rings is 2. The van der Waals surface area contributed by atoms with Crippen molar-refractivity contribution in [2.24, 2.45) is 0 Å². The third kappa shape index (κ3) is 5.10. The molecule has 2 aromatic carbocycles. The van der Waals surface area contributed by atoms with Crippen molar-refractivity contribution in [3.05, 3.63) is 65.2 Å². The Hall–Kier alpha value is -1.40. The molecule has 0 saturated carbocycles. The summed E-state index contributed by atoms with van der Waals surface area (Å²) in [5.41, 5.74) is 0.968. The Bertz CT molecular complexity index is 684. The normalized spacial score (nSPS) is 13.0. The molecule has 0 aliphatic rings. The van der Waals surface area contributed by atoms with Gasteiger partial charge in [-0.2, -0.15) is 0 Å². The molecule has 22 heavy (non-hydrogen) atoms. The van der Waals surface area contributed by atoms with Crippen LogP contribution >= 0.6 is 11.6 Å². The molecular formula is C16H17ClO4S. The first-order valence-corrected chi connectivity index (χ1v) is 8.78. The Balaban J connectivity index is 1.85. The summed E-state index contributed by atoms with van der Waals surface area (Å²) in [6, 6.07) is 15.3. The molecule has 4 nitrogen and oxygen atoms in total. The Morgan fingerprint density at radius 1 is 1.05 bits per heavy atom. The highest BCUT2D eigenvalue weighted by atomic mass is 35.5. The molecule has 0 aliphatic carbocycles. The second kappa shape index (κ2) is 7.74. The van der Waals surface area contributed by atoms with Crippen LogP contribution < -0.4 is 0 Å². The summed E-state index contributed by atoms with van der Waals surface area (Å²) in [5, 5.41) is 10.3. The third-order valence-corrected chi connectivity index (χ3v) is 5.07. The second-order valence-corrected chi connectivity index (χ2v) is 7.36. The SMILES string of the molecule is O=S(=O)(CC(O)COCc1ccccc1)c1ccc(Cl)cc1. The van der Waals surface area contributed by atoms with Gasteiger partial charge in [0.1, 0.15) is 0 Å². The highest BCUT2D eigenvalue weighted by Crippen LogP contribution is 2.16. The van der Waals surface area contributed by atoms with E-state index in [0.717, 1.165) is 5.56 Å². The Morgan fingerprint density at radius 3 is 2.32 bits per heavy atom. The zero-order valence-electron chi connectivity index (χ0n) is 11.9. The van der Waals surface area contributed by atoms with E-state index < -0.39 is 15.9 Å². The van der Waals surface area contributed by atoms with Gasteiger partial charge in [-0.3, -0.25) is 0 Å². The maximum atomic E-state index is 12.1. The number of hydrogen-bond acceptors (Lipinski definition) is 4. The lowest BCUT2D eigenvalue weighted by Gasteiger charge is -2.12. The summed E-state index contributed by atoms with van der Waals surface area (Å²) >= 11 is 5.73. The van der Waals surface area contributed by atoms with Crippen LogP contribution in [0.5, 0.6) is 0 Å². The summed E-state index contributed by atoms with van der Waals surface area (Å²) in [7, 11) is -3.56. The lowest BCUT2D eigenvalue weighted by atomic mass is 10.2. The van der Waals surface area contributed by atoms with Crippen molar-refractivity contribution in [1.82, 2.24) is 0 Å². The van der Waals surface area contributed by atoms with Gasteiger partial charge in [0, 0.05) is 5.02 Å². The van der Waals surface area contributed by atoms with Gasteiger partial charge in [0.05, 0.1) is 30.0 Å². The van der Waals surface area contributed by atoms with Gasteiger partial charge in [0.2, 0.25) is 0 Å². The van der Waals surface area contributed by atoms with E-state index in [0.29, 0.717) is 11.6 Å². The van der Waals surface area contributed by atoms with Crippen LogP contribution in [0.1, 0.15) is 5.56 Å². The lowest BCUT2D eigenvalue weighted by Crippen LogP contribution is -2.25. The number of halogens is 1. The smallest absolute Gasteiger partial charge is 0.181 e. The standard InChI is InChI=1S/C16H17ClO4S/c17-14-6-8-16(9-7-14)22(19,20)12-15(18)11-21-10-13-4-2-1-3-5-13/h1-9,15,18H,10-12H2. The van der Waals surface area contributed by atoms with Gasteiger partial charge in [-0.15, -0.1) is 0 Å². The molecule has 0 radical (unpaired) electrons. The van der Waals surface area contributed by atoms with Crippen molar-refractivity contribution >= 4 is 21.4 Å². The van der Waals surface area contributed by atoms with Crippen LogP contribution in [0.15, 0.2) is 59.5 Å². The van der Waals surface area contributed by atoms with E-state index in [1.165, 1.54) is 24.3 Å². The summed E-state index contributed by atoms with van der Waals surface area (Å²) < 4.78 is 29.6. The number of aliphatic hydroxyl groups is 1. The fourth-order valence-corrected chi connectivity index (χ4v) is 3.40. The van der Waals surface area contributed by atoms with Gasteiger partial charge < -0.3 is 9.84 Å². The van der Waals surface area contributed by atoms with Crippen molar-refractivity contribution in [2.75, 3.05) is 12.4 Å². The summed E-state index contributed by atoms with van der Waals surface area (Å²) in [5.74, 6) is -0.385. The zero-order valence-corrected chi connectivity index (χ0v) is 13.4. The molecule has 0 heterocycles. The maximum absolute atomic E-state index is 12.1. The molecule has 0 amide bonds. The average Bonchev–Trinajstić information content (AvgIpc) is 2.48. The van der Waals surface area contributed by atoms with Gasteiger partial charge in [-0.05, 0) is 29.8 Å². The van der Waals surface area contributed by atoms with Crippen LogP contribution in [0.3, 0.4) is 0 Å². The van der Waals surface area contributed by atoms with E-state index >= 15 is 0 Å². The Morgan fingerprint density at radius 2 is 1.68 bits per heavy atom. The first-order chi connectivity index (χ1) is 10.5. The molecule has 1 atom stereocenters. The predicted octanol–water partition coefficient (Wildman–Crippen LogP) is 2.69. The topological polar surface area (TPSA) is 63.6 Å². The number of sulfone groups is 1. The number of ether oxygens (including phenoxy) is 1. The van der Waals surface area contributed by atoms with E-state index in [1.54, 1.807) is 0 Å². The highest BCUT2D eigenvalue weighted by molar-refractivity contribution is 7.91. The quantitative estimate of drug-likeness (QED) is 0.841. The molecular weight excluding hydrogens is 324 g/mol. The minimum Gasteiger partial charge on any atom is -0.390 e. The molecule has 0 spiro atoms. The Labute approximate surface area is 135 Å². The van der Waals surface area contributed by atoms with Crippen LogP contribution in [-0.4, -0.2) is 32.0 Å². The third-order valence-electron chi connectivity index (χ3n) is 3.01. The minimum absolute atomic E-state index is 0.0400. The van der Waals surface area contributed by atoms with E-state index in [-0.39, 0.29) is 17.3 Å². The fraction of sp³-hybridized carbons (Fsp3) is 0.250. The first-order valence-electron chi connectivity index (χ1n) is 6.75. The number of rotatable bonds is 7. The minimum atomic E-state index is -3.56. The molecule has 6 heteroatoms. The number of aliphatic hydroxyl groups excluding tert-OH is 1. The van der Waals surface area contributed by atoms with Gasteiger partial charge in [-0.25, -0.2) is 8.42 Å². The van der Waals surface area contributed by atoms with E-state index in [1.807, 2.05) is 30.3 Å². The van der Waals surface area contributed by atoms with Crippen LogP contribution in [-0.2, 0) is 21.2 Å². The number of hydrogen-bond donors (Lipinski definition) is 1. The van der Waals surface area contributed by atoms with Crippen molar-refractivity contribution in [1.29, 1.82) is 0 Å². The molecule has 0 aromatic heterocycles. The summed E-state index contributed by atoms with van der Waals surface area (Å²) in [6.45, 7) is 0.292. The molecule has 2 aromatic rings. The highest BCUT2D eigenvalue weighted by Gasteiger charge is 2.19. The fourth-order valence-electron chi connectivity index (χ4n) is 1.93. The van der Waals surface area contributed by atoms with Crippen molar-refractivity contribution in [2.45, 2.75) is 17.6 Å². The van der Waals surface area contributed by atoms with E-state index in [4.69, 9.17) is 16.3 Å². The molecule has 1 unspecified atom stereocenters. The molecule has 2 rings (SSSR count). The van der Waals surface area contributed by atoms with Crippen molar-refractivity contribution < 1.29 is 18.3 Å². The molecule has 0 fully saturated rings. The molecule has 0 aliphatic heterocycles. The maximum Gasteiger partial charge on any atom is 0.181 e. The van der Waals surface area contributed by atoms with Crippen LogP contribution in [0.2, 0.25) is 5.02 Å². The van der Waals surface area contributed by atoms with Crippen molar-refractivity contribution in [3.63, 3.8) is 0 Å². The average molecular weight is 341 g/mol. The summed E-state index contributed by atoms with van der Waals surface area (Å²) in [4.78, 5) is 0.138. The van der Waals surface area contributed by atoms with Gasteiger partial charge in [-0.1, -0.05) is 41.9 Å². The monoisotopic (exact) mass is 340 g/mol. The van der Waals surface area contributed by atoms with Gasteiger partial charge in [0.15, 0.2) is 9.84 Å². The molecule has 0 saturated heterocycles. The summed E-state index contributed by atoms with van der Waals surface area (Å²) in [6.07, 6.45) is -1.08. The largest absolute Gasteiger partial charge is 0.390 e.